The van der Waals surface area contributed by atoms with E-state index >= 15 is 0 Å². The van der Waals surface area contributed by atoms with E-state index in [1.54, 1.807) is 32.2 Å². The first-order valence-corrected chi connectivity index (χ1v) is 6.11. The Labute approximate surface area is 111 Å². The SMILES string of the molecule is CC1Oc2ccc(N(C)C(=O)CCN)cc2NC1=O. The van der Waals surface area contributed by atoms with E-state index in [1.807, 2.05) is 0 Å². The fourth-order valence-electron chi connectivity index (χ4n) is 1.84. The van der Waals surface area contributed by atoms with Crippen molar-refractivity contribution in [3.8, 4) is 5.75 Å². The molecule has 1 unspecified atom stereocenters. The van der Waals surface area contributed by atoms with Gasteiger partial charge in [-0.2, -0.15) is 0 Å². The van der Waals surface area contributed by atoms with Crippen LogP contribution in [0.4, 0.5) is 11.4 Å². The molecule has 2 amide bonds. The molecule has 0 radical (unpaired) electrons. The number of carbonyl (C=O) groups excluding carboxylic acids is 2. The summed E-state index contributed by atoms with van der Waals surface area (Å²) in [5, 5.41) is 2.75. The topological polar surface area (TPSA) is 84.7 Å². The van der Waals surface area contributed by atoms with Crippen LogP contribution in [0.3, 0.4) is 0 Å². The van der Waals surface area contributed by atoms with E-state index in [2.05, 4.69) is 5.32 Å². The van der Waals surface area contributed by atoms with E-state index in [1.165, 1.54) is 4.90 Å². The number of nitrogens with one attached hydrogen (secondary N) is 1. The van der Waals surface area contributed by atoms with Crippen LogP contribution in [-0.4, -0.2) is 31.5 Å². The van der Waals surface area contributed by atoms with Crippen molar-refractivity contribution in [1.29, 1.82) is 0 Å². The lowest BCUT2D eigenvalue weighted by atomic mass is 10.2. The molecule has 0 saturated carbocycles. The molecule has 2 rings (SSSR count). The summed E-state index contributed by atoms with van der Waals surface area (Å²) in [6.45, 7) is 1.99. The van der Waals surface area contributed by atoms with Gasteiger partial charge in [-0.1, -0.05) is 0 Å². The molecule has 102 valence electrons. The summed E-state index contributed by atoms with van der Waals surface area (Å²) in [5.41, 5.74) is 6.63. The third kappa shape index (κ3) is 2.68. The first kappa shape index (κ1) is 13.4. The molecule has 1 aromatic carbocycles. The van der Waals surface area contributed by atoms with Crippen molar-refractivity contribution < 1.29 is 14.3 Å². The molecule has 6 nitrogen and oxygen atoms in total. The van der Waals surface area contributed by atoms with Gasteiger partial charge in [0.15, 0.2) is 6.10 Å². The molecular formula is C13H17N3O3. The highest BCUT2D eigenvalue weighted by Gasteiger charge is 2.24. The highest BCUT2D eigenvalue weighted by Crippen LogP contribution is 2.33. The second kappa shape index (κ2) is 5.27. The van der Waals surface area contributed by atoms with Gasteiger partial charge in [0.25, 0.3) is 5.91 Å². The van der Waals surface area contributed by atoms with Gasteiger partial charge in [0.05, 0.1) is 5.69 Å². The third-order valence-corrected chi connectivity index (χ3v) is 3.01. The highest BCUT2D eigenvalue weighted by atomic mass is 16.5. The Morgan fingerprint density at radius 1 is 1.53 bits per heavy atom. The monoisotopic (exact) mass is 263 g/mol. The lowest BCUT2D eigenvalue weighted by Crippen LogP contribution is -2.34. The van der Waals surface area contributed by atoms with Crippen LogP contribution in [0.5, 0.6) is 5.75 Å². The summed E-state index contributed by atoms with van der Waals surface area (Å²) in [6, 6.07) is 5.23. The average molecular weight is 263 g/mol. The smallest absolute Gasteiger partial charge is 0.265 e. The number of nitrogens with two attached hydrogens (primary N) is 1. The first-order valence-electron chi connectivity index (χ1n) is 6.11. The molecule has 1 aliphatic heterocycles. The van der Waals surface area contributed by atoms with Crippen LogP contribution in [0.25, 0.3) is 0 Å². The largest absolute Gasteiger partial charge is 0.479 e. The van der Waals surface area contributed by atoms with Crippen molar-refractivity contribution in [2.75, 3.05) is 23.8 Å². The van der Waals surface area contributed by atoms with Gasteiger partial charge in [-0.05, 0) is 25.1 Å². The Morgan fingerprint density at radius 2 is 2.26 bits per heavy atom. The third-order valence-electron chi connectivity index (χ3n) is 3.01. The molecule has 0 spiro atoms. The van der Waals surface area contributed by atoms with E-state index in [4.69, 9.17) is 10.5 Å². The van der Waals surface area contributed by atoms with Crippen LogP contribution in [-0.2, 0) is 9.59 Å². The molecule has 1 aliphatic rings. The Morgan fingerprint density at radius 3 is 2.95 bits per heavy atom. The van der Waals surface area contributed by atoms with Crippen LogP contribution in [0.1, 0.15) is 13.3 Å². The Balaban J connectivity index is 2.24. The second-order valence-corrected chi connectivity index (χ2v) is 4.42. The van der Waals surface area contributed by atoms with Crippen molar-refractivity contribution in [3.05, 3.63) is 18.2 Å². The van der Waals surface area contributed by atoms with Crippen LogP contribution in [0.15, 0.2) is 18.2 Å². The van der Waals surface area contributed by atoms with Gasteiger partial charge >= 0.3 is 0 Å². The molecule has 0 fully saturated rings. The van der Waals surface area contributed by atoms with Gasteiger partial charge < -0.3 is 20.7 Å². The van der Waals surface area contributed by atoms with Crippen LogP contribution in [0, 0.1) is 0 Å². The maximum absolute atomic E-state index is 11.8. The van der Waals surface area contributed by atoms with Gasteiger partial charge in [-0.15, -0.1) is 0 Å². The van der Waals surface area contributed by atoms with Crippen molar-refractivity contribution in [2.24, 2.45) is 5.73 Å². The quantitative estimate of drug-likeness (QED) is 0.841. The number of ether oxygens (including phenoxy) is 1. The number of benzene rings is 1. The molecule has 3 N–H and O–H groups in total. The molecule has 0 bridgehead atoms. The van der Waals surface area contributed by atoms with Crippen LogP contribution < -0.4 is 20.7 Å². The summed E-state index contributed by atoms with van der Waals surface area (Å²) in [7, 11) is 1.67. The summed E-state index contributed by atoms with van der Waals surface area (Å²) in [4.78, 5) is 24.8. The summed E-state index contributed by atoms with van der Waals surface area (Å²) >= 11 is 0. The standard InChI is InChI=1S/C13H17N3O3/c1-8-13(18)15-10-7-9(3-4-11(10)19-8)16(2)12(17)5-6-14/h3-4,7-8H,5-6,14H2,1-2H3,(H,15,18). The number of hydrogen-bond acceptors (Lipinski definition) is 4. The zero-order chi connectivity index (χ0) is 14.0. The minimum atomic E-state index is -0.505. The minimum Gasteiger partial charge on any atom is -0.479 e. The minimum absolute atomic E-state index is 0.0705. The van der Waals surface area contributed by atoms with Crippen molar-refractivity contribution in [2.45, 2.75) is 19.4 Å². The number of anilines is 2. The normalized spacial score (nSPS) is 17.2. The molecule has 6 heteroatoms. The van der Waals surface area contributed by atoms with Gasteiger partial charge in [0.1, 0.15) is 5.75 Å². The fraction of sp³-hybridized carbons (Fsp3) is 0.385. The van der Waals surface area contributed by atoms with E-state index in [-0.39, 0.29) is 18.2 Å². The van der Waals surface area contributed by atoms with E-state index in [0.717, 1.165) is 0 Å². The second-order valence-electron chi connectivity index (χ2n) is 4.42. The zero-order valence-corrected chi connectivity index (χ0v) is 11.0. The predicted molar refractivity (Wildman–Crippen MR) is 72.2 cm³/mol. The van der Waals surface area contributed by atoms with Gasteiger partial charge in [-0.3, -0.25) is 9.59 Å². The first-order chi connectivity index (χ1) is 9.02. The molecule has 1 atom stereocenters. The van der Waals surface area contributed by atoms with Gasteiger partial charge in [-0.25, -0.2) is 0 Å². The van der Waals surface area contributed by atoms with E-state index in [0.29, 0.717) is 23.7 Å². The number of amides is 2. The Kier molecular flexibility index (Phi) is 3.71. The summed E-state index contributed by atoms with van der Waals surface area (Å²) < 4.78 is 5.45. The molecule has 19 heavy (non-hydrogen) atoms. The lowest BCUT2D eigenvalue weighted by Gasteiger charge is -2.25. The van der Waals surface area contributed by atoms with E-state index in [9.17, 15) is 9.59 Å². The molecule has 0 saturated heterocycles. The van der Waals surface area contributed by atoms with Crippen molar-refractivity contribution in [1.82, 2.24) is 0 Å². The zero-order valence-electron chi connectivity index (χ0n) is 11.0. The Hall–Kier alpha value is -2.08. The van der Waals surface area contributed by atoms with Crippen molar-refractivity contribution in [3.63, 3.8) is 0 Å². The molecule has 0 aromatic heterocycles. The van der Waals surface area contributed by atoms with Gasteiger partial charge in [0.2, 0.25) is 5.91 Å². The average Bonchev–Trinajstić information content (AvgIpc) is 2.39. The van der Waals surface area contributed by atoms with Gasteiger partial charge in [0, 0.05) is 25.7 Å². The number of rotatable bonds is 3. The van der Waals surface area contributed by atoms with Crippen molar-refractivity contribution >= 4 is 23.2 Å². The Bertz CT molecular complexity index is 516. The summed E-state index contributed by atoms with van der Waals surface area (Å²) in [6.07, 6.45) is -0.219. The molecule has 0 aliphatic carbocycles. The number of hydrogen-bond donors (Lipinski definition) is 2. The van der Waals surface area contributed by atoms with Crippen LogP contribution >= 0.6 is 0 Å². The maximum atomic E-state index is 11.8. The number of carbonyl (C=O) groups is 2. The maximum Gasteiger partial charge on any atom is 0.265 e. The van der Waals surface area contributed by atoms with Crippen LogP contribution in [0.2, 0.25) is 0 Å². The molecule has 1 heterocycles. The van der Waals surface area contributed by atoms with E-state index < -0.39 is 6.10 Å². The number of nitrogens with zero attached hydrogens (tertiary/aromatic N) is 1. The molecule has 1 aromatic rings. The lowest BCUT2D eigenvalue weighted by molar-refractivity contribution is -0.122. The fourth-order valence-corrected chi connectivity index (χ4v) is 1.84. The summed E-state index contributed by atoms with van der Waals surface area (Å²) in [5.74, 6) is 0.343. The highest BCUT2D eigenvalue weighted by molar-refractivity contribution is 5.99. The predicted octanol–water partition coefficient (Wildman–Crippen LogP) is 0.718. The number of fused-ring (bicyclic) bond motifs is 1. The molecular weight excluding hydrogens is 246 g/mol.